The molecule has 0 spiro atoms. The summed E-state index contributed by atoms with van der Waals surface area (Å²) in [5.41, 5.74) is 1.25. The van der Waals surface area contributed by atoms with Crippen molar-refractivity contribution in [1.82, 2.24) is 0 Å². The van der Waals surface area contributed by atoms with Gasteiger partial charge in [-0.2, -0.15) is 0 Å². The van der Waals surface area contributed by atoms with Gasteiger partial charge in [0, 0.05) is 23.4 Å². The third-order valence-electron chi connectivity index (χ3n) is 3.91. The predicted molar refractivity (Wildman–Crippen MR) is 111 cm³/mol. The van der Waals surface area contributed by atoms with Gasteiger partial charge in [0.2, 0.25) is 5.91 Å². The zero-order valence-corrected chi connectivity index (χ0v) is 16.3. The van der Waals surface area contributed by atoms with Crippen LogP contribution in [0.1, 0.15) is 11.3 Å². The maximum absolute atomic E-state index is 12.2. The Bertz CT molecular complexity index is 1110. The van der Waals surface area contributed by atoms with Crippen LogP contribution in [0.3, 0.4) is 0 Å². The van der Waals surface area contributed by atoms with E-state index >= 15 is 0 Å². The number of carbonyl (C=O) groups is 1. The number of carbonyl (C=O) groups excluding carboxylic acids is 1. The quantitative estimate of drug-likeness (QED) is 0.312. The van der Waals surface area contributed by atoms with E-state index in [0.29, 0.717) is 33.4 Å². The number of furan rings is 1. The van der Waals surface area contributed by atoms with Crippen molar-refractivity contribution in [3.05, 3.63) is 86.1 Å². The maximum Gasteiger partial charge on any atom is 0.288 e. The van der Waals surface area contributed by atoms with Crippen LogP contribution in [-0.4, -0.2) is 15.9 Å². The standard InChI is InChI=1S/C20H14Cl2N2O5/c21-16-6-3-13(10-15(16)19-7-4-14(11-25)29-19)23-20(26)8-2-12-1-5-17(22)18(9-12)24(27)28/h1-10,25H,11H2,(H,23,26)/b8-2+. The number of anilines is 1. The number of rotatable bonds is 6. The van der Waals surface area contributed by atoms with Gasteiger partial charge in [-0.25, -0.2) is 0 Å². The predicted octanol–water partition coefficient (Wildman–Crippen LogP) is 5.31. The highest BCUT2D eigenvalue weighted by Crippen LogP contribution is 2.32. The monoisotopic (exact) mass is 432 g/mol. The fourth-order valence-corrected chi connectivity index (χ4v) is 2.93. The van der Waals surface area contributed by atoms with Crippen LogP contribution in [0.25, 0.3) is 17.4 Å². The lowest BCUT2D eigenvalue weighted by atomic mass is 10.1. The number of nitrogens with one attached hydrogen (secondary N) is 1. The Morgan fingerprint density at radius 1 is 1.14 bits per heavy atom. The molecule has 0 aliphatic carbocycles. The van der Waals surface area contributed by atoms with Crippen molar-refractivity contribution in [2.45, 2.75) is 6.61 Å². The molecule has 3 rings (SSSR count). The topological polar surface area (TPSA) is 106 Å². The Kier molecular flexibility index (Phi) is 6.33. The second-order valence-corrected chi connectivity index (χ2v) is 6.72. The molecule has 148 valence electrons. The molecule has 1 amide bonds. The van der Waals surface area contributed by atoms with Gasteiger partial charge < -0.3 is 14.8 Å². The number of hydrogen-bond donors (Lipinski definition) is 2. The molecule has 7 nitrogen and oxygen atoms in total. The van der Waals surface area contributed by atoms with Gasteiger partial charge in [0.05, 0.1) is 9.95 Å². The van der Waals surface area contributed by atoms with Crippen LogP contribution in [0.15, 0.2) is 59.0 Å². The summed E-state index contributed by atoms with van der Waals surface area (Å²) < 4.78 is 5.48. The first-order chi connectivity index (χ1) is 13.9. The van der Waals surface area contributed by atoms with E-state index in [4.69, 9.17) is 32.7 Å². The molecule has 1 aromatic heterocycles. The zero-order valence-electron chi connectivity index (χ0n) is 14.8. The largest absolute Gasteiger partial charge is 0.459 e. The molecular formula is C20H14Cl2N2O5. The van der Waals surface area contributed by atoms with E-state index in [1.807, 2.05) is 0 Å². The van der Waals surface area contributed by atoms with E-state index < -0.39 is 10.8 Å². The highest BCUT2D eigenvalue weighted by Gasteiger charge is 2.12. The van der Waals surface area contributed by atoms with Crippen LogP contribution in [0, 0.1) is 10.1 Å². The number of aliphatic hydroxyl groups is 1. The van der Waals surface area contributed by atoms with Crippen molar-refractivity contribution in [2.75, 3.05) is 5.32 Å². The first-order valence-corrected chi connectivity index (χ1v) is 9.05. The average molecular weight is 433 g/mol. The van der Waals surface area contributed by atoms with Crippen LogP contribution < -0.4 is 5.32 Å². The fraction of sp³-hybridized carbons (Fsp3) is 0.0500. The van der Waals surface area contributed by atoms with Gasteiger partial charge in [-0.1, -0.05) is 29.3 Å². The van der Waals surface area contributed by atoms with Crippen LogP contribution in [0.2, 0.25) is 10.0 Å². The summed E-state index contributed by atoms with van der Waals surface area (Å²) in [6.07, 6.45) is 2.69. The zero-order chi connectivity index (χ0) is 21.0. The molecule has 0 saturated heterocycles. The number of halogens is 2. The normalized spacial score (nSPS) is 11.0. The lowest BCUT2D eigenvalue weighted by molar-refractivity contribution is -0.384. The summed E-state index contributed by atoms with van der Waals surface area (Å²) in [5.74, 6) is 0.413. The number of amides is 1. The molecule has 0 radical (unpaired) electrons. The molecule has 1 heterocycles. The van der Waals surface area contributed by atoms with Gasteiger partial charge in [-0.05, 0) is 48.0 Å². The Morgan fingerprint density at radius 2 is 1.90 bits per heavy atom. The van der Waals surface area contributed by atoms with E-state index in [1.165, 1.54) is 24.3 Å². The van der Waals surface area contributed by atoms with Crippen LogP contribution in [0.4, 0.5) is 11.4 Å². The molecule has 29 heavy (non-hydrogen) atoms. The highest BCUT2D eigenvalue weighted by molar-refractivity contribution is 6.33. The molecular weight excluding hydrogens is 419 g/mol. The van der Waals surface area contributed by atoms with E-state index in [1.54, 1.807) is 36.4 Å². The molecule has 9 heteroatoms. The van der Waals surface area contributed by atoms with E-state index in [0.717, 1.165) is 0 Å². The van der Waals surface area contributed by atoms with E-state index in [2.05, 4.69) is 5.32 Å². The van der Waals surface area contributed by atoms with Crippen molar-refractivity contribution in [3.8, 4) is 11.3 Å². The summed E-state index contributed by atoms with van der Waals surface area (Å²) in [6.45, 7) is -0.234. The molecule has 0 bridgehead atoms. The van der Waals surface area contributed by atoms with Gasteiger partial charge in [-0.15, -0.1) is 0 Å². The number of hydrogen-bond acceptors (Lipinski definition) is 5. The van der Waals surface area contributed by atoms with E-state index in [9.17, 15) is 14.9 Å². The van der Waals surface area contributed by atoms with Crippen LogP contribution in [0.5, 0.6) is 0 Å². The summed E-state index contributed by atoms with van der Waals surface area (Å²) in [5, 5.41) is 23.2. The summed E-state index contributed by atoms with van der Waals surface area (Å²) in [4.78, 5) is 22.6. The lowest BCUT2D eigenvalue weighted by Gasteiger charge is -2.06. The van der Waals surface area contributed by atoms with E-state index in [-0.39, 0.29) is 17.3 Å². The molecule has 0 unspecified atom stereocenters. The van der Waals surface area contributed by atoms with Crippen molar-refractivity contribution < 1.29 is 19.2 Å². The van der Waals surface area contributed by atoms with Crippen LogP contribution >= 0.6 is 23.2 Å². The molecule has 0 saturated carbocycles. The van der Waals surface area contributed by atoms with Gasteiger partial charge in [0.1, 0.15) is 23.2 Å². The van der Waals surface area contributed by atoms with Crippen molar-refractivity contribution in [3.63, 3.8) is 0 Å². The second kappa shape index (κ2) is 8.91. The maximum atomic E-state index is 12.2. The lowest BCUT2D eigenvalue weighted by Crippen LogP contribution is -2.07. The summed E-state index contributed by atoms with van der Waals surface area (Å²) in [6, 6.07) is 12.4. The molecule has 0 fully saturated rings. The van der Waals surface area contributed by atoms with Gasteiger partial charge in [0.15, 0.2) is 0 Å². The number of nitrogens with zero attached hydrogens (tertiary/aromatic N) is 1. The SMILES string of the molecule is O=C(/C=C/c1ccc(Cl)c([N+](=O)[O-])c1)Nc1ccc(Cl)c(-c2ccc(CO)o2)c1. The molecule has 2 N–H and O–H groups in total. The smallest absolute Gasteiger partial charge is 0.288 e. The Labute approximate surface area is 175 Å². The van der Waals surface area contributed by atoms with Gasteiger partial charge >= 0.3 is 0 Å². The Balaban J connectivity index is 1.75. The minimum atomic E-state index is -0.591. The van der Waals surface area contributed by atoms with Crippen molar-refractivity contribution in [2.24, 2.45) is 0 Å². The van der Waals surface area contributed by atoms with Gasteiger partial charge in [-0.3, -0.25) is 14.9 Å². The Morgan fingerprint density at radius 3 is 2.59 bits per heavy atom. The summed E-state index contributed by atoms with van der Waals surface area (Å²) in [7, 11) is 0. The number of nitro groups is 1. The fourth-order valence-electron chi connectivity index (χ4n) is 2.53. The van der Waals surface area contributed by atoms with Crippen molar-refractivity contribution >= 4 is 46.6 Å². The third kappa shape index (κ3) is 5.03. The first kappa shape index (κ1) is 20.6. The number of aliphatic hydroxyl groups excluding tert-OH is 1. The molecule has 2 aromatic carbocycles. The number of nitro benzene ring substituents is 1. The summed E-state index contributed by atoms with van der Waals surface area (Å²) >= 11 is 12.0. The second-order valence-electron chi connectivity index (χ2n) is 5.91. The first-order valence-electron chi connectivity index (χ1n) is 8.30. The molecule has 3 aromatic rings. The Hall–Kier alpha value is -3.13. The van der Waals surface area contributed by atoms with Gasteiger partial charge in [0.25, 0.3) is 5.69 Å². The molecule has 0 aliphatic rings. The average Bonchev–Trinajstić information content (AvgIpc) is 3.17. The van der Waals surface area contributed by atoms with Crippen LogP contribution in [-0.2, 0) is 11.4 Å². The minimum Gasteiger partial charge on any atom is -0.459 e. The highest BCUT2D eigenvalue weighted by atomic mass is 35.5. The number of benzene rings is 2. The molecule has 0 aliphatic heterocycles. The van der Waals surface area contributed by atoms with Crippen molar-refractivity contribution in [1.29, 1.82) is 0 Å². The minimum absolute atomic E-state index is 0.0209. The molecule has 0 atom stereocenters. The third-order valence-corrected chi connectivity index (χ3v) is 4.56.